The molecule has 1 unspecified atom stereocenters. The summed E-state index contributed by atoms with van der Waals surface area (Å²) in [5, 5.41) is 14.1. The van der Waals surface area contributed by atoms with Gasteiger partial charge in [0.15, 0.2) is 0 Å². The van der Waals surface area contributed by atoms with Crippen molar-refractivity contribution in [1.82, 2.24) is 21.3 Å². The zero-order chi connectivity index (χ0) is 28.9. The van der Waals surface area contributed by atoms with Crippen molar-refractivity contribution in [2.24, 2.45) is 0 Å². The van der Waals surface area contributed by atoms with Crippen molar-refractivity contribution in [1.29, 1.82) is 0 Å². The van der Waals surface area contributed by atoms with Crippen molar-refractivity contribution >= 4 is 7.82 Å². The summed E-state index contributed by atoms with van der Waals surface area (Å²) in [6, 6.07) is 0. The van der Waals surface area contributed by atoms with Gasteiger partial charge in [0, 0.05) is 26.3 Å². The molecule has 236 valence electrons. The van der Waals surface area contributed by atoms with Crippen molar-refractivity contribution in [2.75, 3.05) is 106 Å². The van der Waals surface area contributed by atoms with Gasteiger partial charge in [-0.05, 0) is 90.6 Å². The number of phosphoric ester groups is 1. The number of hydrogen-bond acceptors (Lipinski definition) is 8. The van der Waals surface area contributed by atoms with E-state index in [0.717, 1.165) is 58.7 Å². The number of unbranched alkanes of at least 4 members (excludes halogenated alkanes) is 6. The molecule has 0 rings (SSSR count). The molecule has 0 aliphatic rings. The van der Waals surface area contributed by atoms with Gasteiger partial charge in [0.2, 0.25) is 0 Å². The monoisotopic (exact) mass is 582 g/mol. The predicted octanol–water partition coefficient (Wildman–Crippen LogP) is 3.51. The Hall–Kier alpha value is -0.130. The Morgan fingerprint density at radius 2 is 1.00 bits per heavy atom. The van der Waals surface area contributed by atoms with E-state index in [9.17, 15) is 9.46 Å². The fourth-order valence-corrected chi connectivity index (χ4v) is 4.46. The summed E-state index contributed by atoms with van der Waals surface area (Å²) >= 11 is 0. The quantitative estimate of drug-likeness (QED) is 0.0462. The molecule has 0 aliphatic heterocycles. The second-order valence-corrected chi connectivity index (χ2v) is 12.8. The third-order valence-electron chi connectivity index (χ3n) is 6.20. The molecule has 5 N–H and O–H groups in total. The van der Waals surface area contributed by atoms with Crippen LogP contribution in [0.25, 0.3) is 0 Å². The largest absolute Gasteiger partial charge is 0.472 e. The Labute approximate surface area is 240 Å². The highest BCUT2D eigenvalue weighted by Crippen LogP contribution is 2.43. The van der Waals surface area contributed by atoms with E-state index in [0.29, 0.717) is 30.7 Å². The van der Waals surface area contributed by atoms with Crippen LogP contribution in [0, 0.1) is 0 Å². The summed E-state index contributed by atoms with van der Waals surface area (Å²) in [5.74, 6) is 0. The Balaban J connectivity index is 3.18. The van der Waals surface area contributed by atoms with Crippen LogP contribution in [-0.4, -0.2) is 116 Å². The first-order valence-electron chi connectivity index (χ1n) is 15.6. The van der Waals surface area contributed by atoms with Crippen LogP contribution in [0.3, 0.4) is 0 Å². The van der Waals surface area contributed by atoms with Crippen LogP contribution in [0.15, 0.2) is 0 Å². The molecule has 0 amide bonds. The number of nitrogens with one attached hydrogen (secondary N) is 4. The van der Waals surface area contributed by atoms with E-state index in [1.807, 2.05) is 21.1 Å². The lowest BCUT2D eigenvalue weighted by atomic mass is 10.2. The predicted molar refractivity (Wildman–Crippen MR) is 163 cm³/mol. The lowest BCUT2D eigenvalue weighted by molar-refractivity contribution is -0.870. The highest BCUT2D eigenvalue weighted by molar-refractivity contribution is 7.47. The topological polar surface area (TPSA) is 113 Å². The van der Waals surface area contributed by atoms with Gasteiger partial charge >= 0.3 is 7.82 Å². The summed E-state index contributed by atoms with van der Waals surface area (Å²) in [6.07, 6.45) is 12.9. The van der Waals surface area contributed by atoms with Gasteiger partial charge in [-0.15, -0.1) is 0 Å². The van der Waals surface area contributed by atoms with Crippen LogP contribution in [-0.2, 0) is 18.3 Å². The zero-order valence-corrected chi connectivity index (χ0v) is 26.8. The van der Waals surface area contributed by atoms with E-state index < -0.39 is 7.82 Å². The third kappa shape index (κ3) is 34.0. The minimum atomic E-state index is -3.96. The molecule has 0 saturated heterocycles. The minimum absolute atomic E-state index is 0.154. The van der Waals surface area contributed by atoms with Crippen LogP contribution in [0.1, 0.15) is 77.6 Å². The number of likely N-dealkylation sites (N-methyl/N-ethyl adjacent to an activating group) is 1. The van der Waals surface area contributed by atoms with E-state index in [1.54, 1.807) is 0 Å². The van der Waals surface area contributed by atoms with Crippen LogP contribution in [0.5, 0.6) is 0 Å². The fraction of sp³-hybridized carbons (Fsp3) is 1.00. The maximum Gasteiger partial charge on any atom is 0.472 e. The fourth-order valence-electron chi connectivity index (χ4n) is 3.72. The Morgan fingerprint density at radius 3 is 1.54 bits per heavy atom. The van der Waals surface area contributed by atoms with Crippen molar-refractivity contribution in [3.63, 3.8) is 0 Å². The Morgan fingerprint density at radius 1 is 0.564 bits per heavy atom. The summed E-state index contributed by atoms with van der Waals surface area (Å²) < 4.78 is 28.0. The van der Waals surface area contributed by atoms with Gasteiger partial charge in [0.1, 0.15) is 13.2 Å². The van der Waals surface area contributed by atoms with Crippen LogP contribution >= 0.6 is 7.82 Å². The van der Waals surface area contributed by atoms with Gasteiger partial charge in [0.05, 0.1) is 27.7 Å². The average Bonchev–Trinajstić information content (AvgIpc) is 2.87. The van der Waals surface area contributed by atoms with Crippen LogP contribution in [0.2, 0.25) is 0 Å². The molecule has 0 aliphatic carbocycles. The molecule has 11 heteroatoms. The molecule has 0 bridgehead atoms. The maximum absolute atomic E-state index is 11.8. The number of rotatable bonds is 32. The first-order valence-corrected chi connectivity index (χ1v) is 17.1. The summed E-state index contributed by atoms with van der Waals surface area (Å²) in [4.78, 5) is 9.65. The molecule has 39 heavy (non-hydrogen) atoms. The van der Waals surface area contributed by atoms with Gasteiger partial charge in [0.25, 0.3) is 0 Å². The number of quaternary nitrogens is 1. The summed E-state index contributed by atoms with van der Waals surface area (Å²) in [6.45, 7) is 13.1. The average molecular weight is 583 g/mol. The normalized spacial score (nSPS) is 13.7. The minimum Gasteiger partial charge on any atom is -0.381 e. The summed E-state index contributed by atoms with van der Waals surface area (Å²) in [7, 11) is 2.03. The molecule has 0 spiro atoms. The smallest absolute Gasteiger partial charge is 0.381 e. The summed E-state index contributed by atoms with van der Waals surface area (Å²) in [5.41, 5.74) is 0. The molecular weight excluding hydrogens is 517 g/mol. The first kappa shape index (κ1) is 38.9. The SMILES string of the molecule is CCCCCNCCCCNCCCCCNCCNCCCCOCCCOP(=O)(O)OCC[N+](C)(C)C. The molecule has 1 atom stereocenters. The molecule has 0 aromatic carbocycles. The molecule has 0 saturated carbocycles. The van der Waals surface area contributed by atoms with Crippen molar-refractivity contribution in [2.45, 2.75) is 77.6 Å². The molecule has 0 fully saturated rings. The lowest BCUT2D eigenvalue weighted by Crippen LogP contribution is -2.37. The standard InChI is InChI=1S/C28H64N5O5P/c1-5-6-8-16-29-19-11-12-20-30-17-9-7-10-18-31-22-23-32-21-13-14-25-36-26-15-27-37-39(34,35)38-28-24-33(2,3)4/h29-32H,5-28H2,1-4H3/p+1. The van der Waals surface area contributed by atoms with Crippen molar-refractivity contribution in [3.05, 3.63) is 0 Å². The van der Waals surface area contributed by atoms with Crippen molar-refractivity contribution in [3.8, 4) is 0 Å². The Kier molecular flexibility index (Phi) is 27.9. The second kappa shape index (κ2) is 28.0. The zero-order valence-electron chi connectivity index (χ0n) is 25.9. The Bertz CT molecular complexity index is 555. The molecular formula is C28H65N5O5P+. The maximum atomic E-state index is 11.8. The highest BCUT2D eigenvalue weighted by atomic mass is 31.2. The van der Waals surface area contributed by atoms with Gasteiger partial charge in [-0.1, -0.05) is 26.2 Å². The molecule has 0 heterocycles. The highest BCUT2D eigenvalue weighted by Gasteiger charge is 2.22. The van der Waals surface area contributed by atoms with Gasteiger partial charge in [-0.25, -0.2) is 4.57 Å². The lowest BCUT2D eigenvalue weighted by Gasteiger charge is -2.24. The van der Waals surface area contributed by atoms with Gasteiger partial charge < -0.3 is 35.4 Å². The van der Waals surface area contributed by atoms with E-state index in [4.69, 9.17) is 13.8 Å². The molecule has 0 radical (unpaired) electrons. The number of hydrogen-bond donors (Lipinski definition) is 5. The van der Waals surface area contributed by atoms with E-state index >= 15 is 0 Å². The van der Waals surface area contributed by atoms with E-state index in [1.165, 1.54) is 57.9 Å². The van der Waals surface area contributed by atoms with Gasteiger partial charge in [-0.2, -0.15) is 0 Å². The number of nitrogens with zero attached hydrogens (tertiary/aromatic N) is 1. The molecule has 0 aromatic heterocycles. The second-order valence-electron chi connectivity index (χ2n) is 11.3. The molecule has 10 nitrogen and oxygen atoms in total. The first-order chi connectivity index (χ1) is 18.8. The van der Waals surface area contributed by atoms with Crippen molar-refractivity contribution < 1.29 is 27.7 Å². The third-order valence-corrected chi connectivity index (χ3v) is 7.21. The molecule has 0 aromatic rings. The number of ether oxygens (including phenoxy) is 1. The van der Waals surface area contributed by atoms with E-state index in [-0.39, 0.29) is 13.2 Å². The van der Waals surface area contributed by atoms with E-state index in [2.05, 4.69) is 28.2 Å². The van der Waals surface area contributed by atoms with Gasteiger partial charge in [-0.3, -0.25) is 9.05 Å². The van der Waals surface area contributed by atoms with Crippen LogP contribution in [0.4, 0.5) is 0 Å². The number of phosphoric acid groups is 1. The van der Waals surface area contributed by atoms with Crippen LogP contribution < -0.4 is 21.3 Å².